The summed E-state index contributed by atoms with van der Waals surface area (Å²) in [5.74, 6) is 4.51. The van der Waals surface area contributed by atoms with Gasteiger partial charge in [0.2, 0.25) is 0 Å². The predicted molar refractivity (Wildman–Crippen MR) is 109 cm³/mol. The largest absolute Gasteiger partial charge is 0.324 e. The number of hydrogen-bond donors (Lipinski definition) is 2. The first-order valence-electron chi connectivity index (χ1n) is 8.77. The smallest absolute Gasteiger partial charge is 0.322 e. The van der Waals surface area contributed by atoms with Crippen LogP contribution >= 0.6 is 11.6 Å². The molecule has 0 saturated carbocycles. The van der Waals surface area contributed by atoms with E-state index in [1.54, 1.807) is 36.4 Å². The topological polar surface area (TPSA) is 126 Å². The summed E-state index contributed by atoms with van der Waals surface area (Å²) >= 11 is 6.09. The van der Waals surface area contributed by atoms with Crippen LogP contribution in [0.2, 0.25) is 5.02 Å². The van der Waals surface area contributed by atoms with Crippen LogP contribution in [0.15, 0.2) is 42.6 Å². The Labute approximate surface area is 173 Å². The van der Waals surface area contributed by atoms with Crippen LogP contribution in [0.5, 0.6) is 0 Å². The Morgan fingerprint density at radius 2 is 1.93 bits per heavy atom. The molecule has 29 heavy (non-hydrogen) atoms. The molecule has 1 saturated heterocycles. The minimum Gasteiger partial charge on any atom is -0.322 e. The first-order chi connectivity index (χ1) is 13.8. The number of carbonyl (C=O) groups is 2. The van der Waals surface area contributed by atoms with Crippen LogP contribution in [-0.4, -0.2) is 54.8 Å². The van der Waals surface area contributed by atoms with E-state index >= 15 is 0 Å². The second-order valence-corrected chi connectivity index (χ2v) is 9.24. The van der Waals surface area contributed by atoms with Crippen molar-refractivity contribution in [1.82, 2.24) is 15.3 Å². The summed E-state index contributed by atoms with van der Waals surface area (Å²) in [7, 11) is -3.11. The molecule has 1 fully saturated rings. The van der Waals surface area contributed by atoms with Gasteiger partial charge in [0.05, 0.1) is 29.3 Å². The van der Waals surface area contributed by atoms with E-state index in [0.29, 0.717) is 16.4 Å². The monoisotopic (exact) mass is 437 g/mol. The van der Waals surface area contributed by atoms with Gasteiger partial charge in [-0.05, 0) is 30.3 Å². The van der Waals surface area contributed by atoms with Crippen molar-refractivity contribution in [2.75, 3.05) is 29.5 Å². The number of nitrogens with zero attached hydrogens (tertiary/aromatic N) is 3. The summed E-state index contributed by atoms with van der Waals surface area (Å²) in [4.78, 5) is 31.9. The lowest BCUT2D eigenvalue weighted by molar-refractivity contribution is 0.0953. The lowest BCUT2D eigenvalue weighted by Gasteiger charge is -2.33. The van der Waals surface area contributed by atoms with Crippen molar-refractivity contribution < 1.29 is 18.0 Å². The number of anilines is 1. The highest BCUT2D eigenvalue weighted by Gasteiger charge is 2.29. The summed E-state index contributed by atoms with van der Waals surface area (Å²) in [5.41, 5.74) is 3.41. The number of benzene rings is 1. The minimum absolute atomic E-state index is 0.0662. The quantitative estimate of drug-likeness (QED) is 0.420. The molecule has 154 valence electrons. The number of hydrogen-bond acceptors (Lipinski definition) is 6. The third-order valence-electron chi connectivity index (χ3n) is 4.50. The van der Waals surface area contributed by atoms with Crippen molar-refractivity contribution in [3.63, 3.8) is 0 Å². The Bertz CT molecular complexity index is 999. The summed E-state index contributed by atoms with van der Waals surface area (Å²) in [6.07, 6.45) is 1.37. The first kappa shape index (κ1) is 21.0. The molecule has 0 aliphatic carbocycles. The molecule has 1 aliphatic heterocycles. The van der Waals surface area contributed by atoms with Crippen molar-refractivity contribution in [3.05, 3.63) is 58.9 Å². The molecule has 1 aliphatic rings. The van der Waals surface area contributed by atoms with Crippen molar-refractivity contribution in [2.24, 2.45) is 5.84 Å². The third kappa shape index (κ3) is 5.22. The van der Waals surface area contributed by atoms with Gasteiger partial charge in [0.15, 0.2) is 9.84 Å². The fourth-order valence-corrected chi connectivity index (χ4v) is 4.27. The number of urea groups is 1. The number of aromatic nitrogens is 1. The number of nitrogens with two attached hydrogens (primary N) is 1. The zero-order chi connectivity index (χ0) is 21.0. The molecule has 3 amide bonds. The van der Waals surface area contributed by atoms with Gasteiger partial charge < -0.3 is 4.90 Å². The van der Waals surface area contributed by atoms with Crippen LogP contribution in [0, 0.1) is 0 Å². The van der Waals surface area contributed by atoms with E-state index < -0.39 is 15.7 Å². The molecule has 3 N–H and O–H groups in total. The molecule has 1 aromatic carbocycles. The number of nitrogens with one attached hydrogen (secondary N) is 1. The highest BCUT2D eigenvalue weighted by molar-refractivity contribution is 7.91. The highest BCUT2D eigenvalue weighted by atomic mass is 35.5. The molecule has 0 atom stereocenters. The molecule has 2 heterocycles. The van der Waals surface area contributed by atoms with Crippen molar-refractivity contribution >= 4 is 39.1 Å². The number of halogens is 1. The maximum Gasteiger partial charge on any atom is 0.324 e. The van der Waals surface area contributed by atoms with E-state index in [2.05, 4.69) is 4.98 Å². The Morgan fingerprint density at radius 1 is 1.21 bits per heavy atom. The predicted octanol–water partition coefficient (Wildman–Crippen LogP) is 1.20. The van der Waals surface area contributed by atoms with Gasteiger partial charge in [0, 0.05) is 30.0 Å². The number of amides is 3. The Hall–Kier alpha value is -2.69. The summed E-state index contributed by atoms with van der Waals surface area (Å²) in [6, 6.07) is 9.64. The molecule has 0 unspecified atom stereocenters. The van der Waals surface area contributed by atoms with Gasteiger partial charge in [-0.3, -0.25) is 20.1 Å². The second-order valence-electron chi connectivity index (χ2n) is 6.50. The number of carbonyl (C=O) groups excluding carboxylic acids is 2. The van der Waals surface area contributed by atoms with Gasteiger partial charge in [-0.2, -0.15) is 0 Å². The Morgan fingerprint density at radius 3 is 2.52 bits per heavy atom. The van der Waals surface area contributed by atoms with E-state index in [0.717, 1.165) is 0 Å². The molecular formula is C18H20ClN5O4S. The fraction of sp³-hybridized carbons (Fsp3) is 0.278. The third-order valence-corrected chi connectivity index (χ3v) is 6.35. The molecule has 9 nitrogen and oxygen atoms in total. The zero-order valence-corrected chi connectivity index (χ0v) is 17.0. The van der Waals surface area contributed by atoms with Crippen LogP contribution in [-0.2, 0) is 16.4 Å². The molecule has 3 rings (SSSR count). The normalized spacial score (nSPS) is 15.6. The van der Waals surface area contributed by atoms with Crippen molar-refractivity contribution in [2.45, 2.75) is 6.54 Å². The number of rotatable bonds is 4. The number of nitrogen functional groups attached to an aromatic ring is 1. The standard InChI is InChI=1S/C18H20ClN5O4S/c19-14-2-1-3-16(10-14)24(18(26)23-6-8-29(27,28)9-7-23)12-15-5-4-13(11-21-15)17(25)22-20/h1-5,10-11H,6-9,12,20H2,(H,22,25). The van der Waals surface area contributed by atoms with Gasteiger partial charge in [-0.15, -0.1) is 0 Å². The van der Waals surface area contributed by atoms with Gasteiger partial charge in [-0.25, -0.2) is 19.1 Å². The average molecular weight is 438 g/mol. The maximum absolute atomic E-state index is 13.2. The SMILES string of the molecule is NNC(=O)c1ccc(CN(C(=O)N2CCS(=O)(=O)CC2)c2cccc(Cl)c2)nc1. The van der Waals surface area contributed by atoms with Crippen LogP contribution < -0.4 is 16.2 Å². The zero-order valence-electron chi connectivity index (χ0n) is 15.4. The molecule has 11 heteroatoms. The van der Waals surface area contributed by atoms with Gasteiger partial charge in [-0.1, -0.05) is 17.7 Å². The maximum atomic E-state index is 13.2. The Kier molecular flexibility index (Phi) is 6.36. The number of pyridine rings is 1. The number of hydrazine groups is 1. The summed E-state index contributed by atoms with van der Waals surface area (Å²) in [5, 5.41) is 0.462. The van der Waals surface area contributed by atoms with E-state index in [1.165, 1.54) is 16.0 Å². The van der Waals surface area contributed by atoms with Gasteiger partial charge in [0.25, 0.3) is 5.91 Å². The summed E-state index contributed by atoms with van der Waals surface area (Å²) in [6.45, 7) is 0.371. The Balaban J connectivity index is 1.85. The van der Waals surface area contributed by atoms with E-state index in [9.17, 15) is 18.0 Å². The molecule has 0 radical (unpaired) electrons. The lowest BCUT2D eigenvalue weighted by atomic mass is 10.2. The van der Waals surface area contributed by atoms with Gasteiger partial charge >= 0.3 is 6.03 Å². The molecule has 0 bridgehead atoms. The van der Waals surface area contributed by atoms with Crippen molar-refractivity contribution in [3.8, 4) is 0 Å². The fourth-order valence-electron chi connectivity index (χ4n) is 2.89. The number of sulfone groups is 1. The van der Waals surface area contributed by atoms with E-state index in [4.69, 9.17) is 17.4 Å². The minimum atomic E-state index is -3.11. The summed E-state index contributed by atoms with van der Waals surface area (Å²) < 4.78 is 23.4. The molecule has 2 aromatic rings. The lowest BCUT2D eigenvalue weighted by Crippen LogP contribution is -2.49. The van der Waals surface area contributed by atoms with Crippen molar-refractivity contribution in [1.29, 1.82) is 0 Å². The van der Waals surface area contributed by atoms with Crippen LogP contribution in [0.25, 0.3) is 0 Å². The molecule has 0 spiro atoms. The average Bonchev–Trinajstić information content (AvgIpc) is 2.71. The van der Waals surface area contributed by atoms with E-state index in [-0.39, 0.29) is 42.7 Å². The van der Waals surface area contributed by atoms with Crippen LogP contribution in [0.1, 0.15) is 16.1 Å². The van der Waals surface area contributed by atoms with Crippen LogP contribution in [0.4, 0.5) is 10.5 Å². The highest BCUT2D eigenvalue weighted by Crippen LogP contribution is 2.23. The van der Waals surface area contributed by atoms with E-state index in [1.807, 2.05) is 5.43 Å². The molecular weight excluding hydrogens is 418 g/mol. The molecule has 1 aromatic heterocycles. The first-order valence-corrected chi connectivity index (χ1v) is 11.0. The van der Waals surface area contributed by atoms with Gasteiger partial charge in [0.1, 0.15) is 0 Å². The second kappa shape index (κ2) is 8.76. The van der Waals surface area contributed by atoms with Crippen LogP contribution in [0.3, 0.4) is 0 Å².